The fourth-order valence-corrected chi connectivity index (χ4v) is 2.32. The summed E-state index contributed by atoms with van der Waals surface area (Å²) in [6.07, 6.45) is 2.10. The van der Waals surface area contributed by atoms with Gasteiger partial charge in [-0.05, 0) is 36.4 Å². The van der Waals surface area contributed by atoms with Gasteiger partial charge in [-0.25, -0.2) is 9.37 Å². The monoisotopic (exact) mass is 344 g/mol. The highest BCUT2D eigenvalue weighted by Crippen LogP contribution is 2.25. The first-order valence-corrected chi connectivity index (χ1v) is 7.74. The van der Waals surface area contributed by atoms with E-state index >= 15 is 0 Å². The minimum Gasteiger partial charge on any atom is -0.461 e. The standard InChI is InChI=1S/C18H14ClFN2O2/c19-12-5-9-17(21-11-12)22-18(23)10-7-13-6-8-16(24-13)14-3-1-2-4-15(14)20/h1-6,8-9,11H,7,10H2,(H,21,22,23). The number of rotatable bonds is 5. The Balaban J connectivity index is 1.58. The molecular weight excluding hydrogens is 331 g/mol. The molecule has 4 nitrogen and oxygen atoms in total. The lowest BCUT2D eigenvalue weighted by atomic mass is 10.1. The molecule has 2 heterocycles. The number of halogens is 2. The second-order valence-electron chi connectivity index (χ2n) is 5.16. The molecule has 0 unspecified atom stereocenters. The molecule has 0 fully saturated rings. The van der Waals surface area contributed by atoms with Crippen LogP contribution in [0.3, 0.4) is 0 Å². The number of pyridine rings is 1. The molecule has 3 rings (SSSR count). The van der Waals surface area contributed by atoms with Crippen LogP contribution in [0.1, 0.15) is 12.2 Å². The minimum atomic E-state index is -0.343. The Hall–Kier alpha value is -2.66. The fourth-order valence-electron chi connectivity index (χ4n) is 2.21. The predicted octanol–water partition coefficient (Wildman–Crippen LogP) is 4.71. The normalized spacial score (nSPS) is 10.6. The molecule has 0 aliphatic carbocycles. The molecule has 0 radical (unpaired) electrons. The van der Waals surface area contributed by atoms with Crippen molar-refractivity contribution in [1.29, 1.82) is 0 Å². The molecule has 1 aromatic carbocycles. The topological polar surface area (TPSA) is 55.1 Å². The SMILES string of the molecule is O=C(CCc1ccc(-c2ccccc2F)o1)Nc1ccc(Cl)cn1. The Bertz CT molecular complexity index is 846. The van der Waals surface area contributed by atoms with E-state index in [2.05, 4.69) is 10.3 Å². The average Bonchev–Trinajstić information content (AvgIpc) is 3.04. The van der Waals surface area contributed by atoms with Crippen molar-refractivity contribution < 1.29 is 13.6 Å². The van der Waals surface area contributed by atoms with E-state index in [1.807, 2.05) is 0 Å². The van der Waals surface area contributed by atoms with Gasteiger partial charge < -0.3 is 9.73 Å². The Morgan fingerprint density at radius 1 is 1.17 bits per heavy atom. The van der Waals surface area contributed by atoms with Crippen molar-refractivity contribution in [2.24, 2.45) is 0 Å². The molecule has 0 aliphatic rings. The highest BCUT2D eigenvalue weighted by atomic mass is 35.5. The van der Waals surface area contributed by atoms with Gasteiger partial charge in [0.2, 0.25) is 5.91 Å². The van der Waals surface area contributed by atoms with E-state index in [0.717, 1.165) is 0 Å². The molecule has 0 bridgehead atoms. The molecule has 2 aromatic heterocycles. The summed E-state index contributed by atoms with van der Waals surface area (Å²) >= 11 is 5.74. The van der Waals surface area contributed by atoms with Crippen LogP contribution in [0.4, 0.5) is 10.2 Å². The Morgan fingerprint density at radius 3 is 2.75 bits per heavy atom. The summed E-state index contributed by atoms with van der Waals surface area (Å²) in [6.45, 7) is 0. The lowest BCUT2D eigenvalue weighted by Gasteiger charge is -2.03. The van der Waals surface area contributed by atoms with Gasteiger partial charge in [-0.3, -0.25) is 4.79 Å². The first-order chi connectivity index (χ1) is 11.6. The molecule has 0 saturated heterocycles. The Morgan fingerprint density at radius 2 is 2.00 bits per heavy atom. The zero-order chi connectivity index (χ0) is 16.9. The fraction of sp³-hybridized carbons (Fsp3) is 0.111. The van der Waals surface area contributed by atoms with Gasteiger partial charge in [0.1, 0.15) is 23.2 Å². The molecular formula is C18H14ClFN2O2. The van der Waals surface area contributed by atoms with Gasteiger partial charge >= 0.3 is 0 Å². The molecule has 0 spiro atoms. The van der Waals surface area contributed by atoms with E-state index in [-0.39, 0.29) is 18.1 Å². The number of amides is 1. The number of nitrogens with zero attached hydrogens (tertiary/aromatic N) is 1. The van der Waals surface area contributed by atoms with Crippen molar-refractivity contribution in [2.75, 3.05) is 5.32 Å². The van der Waals surface area contributed by atoms with E-state index in [9.17, 15) is 9.18 Å². The molecule has 0 saturated carbocycles. The van der Waals surface area contributed by atoms with Crippen molar-refractivity contribution in [3.63, 3.8) is 0 Å². The summed E-state index contributed by atoms with van der Waals surface area (Å²) in [7, 11) is 0. The van der Waals surface area contributed by atoms with Crippen molar-refractivity contribution in [3.05, 3.63) is 71.3 Å². The molecule has 3 aromatic rings. The number of nitrogens with one attached hydrogen (secondary N) is 1. The number of benzene rings is 1. The van der Waals surface area contributed by atoms with Crippen molar-refractivity contribution in [3.8, 4) is 11.3 Å². The summed E-state index contributed by atoms with van der Waals surface area (Å²) in [6, 6.07) is 13.1. The van der Waals surface area contributed by atoms with Crippen molar-refractivity contribution in [1.82, 2.24) is 4.98 Å². The van der Waals surface area contributed by atoms with Gasteiger partial charge in [0.15, 0.2) is 0 Å². The second-order valence-corrected chi connectivity index (χ2v) is 5.59. The Labute approximate surface area is 143 Å². The number of carbonyl (C=O) groups excluding carboxylic acids is 1. The third kappa shape index (κ3) is 4.00. The van der Waals surface area contributed by atoms with E-state index in [4.69, 9.17) is 16.0 Å². The molecule has 122 valence electrons. The van der Waals surface area contributed by atoms with E-state index < -0.39 is 0 Å². The largest absolute Gasteiger partial charge is 0.461 e. The maximum absolute atomic E-state index is 13.7. The second kappa shape index (κ2) is 7.27. The van der Waals surface area contributed by atoms with Gasteiger partial charge in [0.25, 0.3) is 0 Å². The highest BCUT2D eigenvalue weighted by Gasteiger charge is 2.10. The zero-order valence-corrected chi connectivity index (χ0v) is 13.4. The van der Waals surface area contributed by atoms with Crippen LogP contribution < -0.4 is 5.32 Å². The van der Waals surface area contributed by atoms with Crippen LogP contribution in [0.5, 0.6) is 0 Å². The van der Waals surface area contributed by atoms with Crippen LogP contribution in [0.15, 0.2) is 59.1 Å². The minimum absolute atomic E-state index is 0.186. The van der Waals surface area contributed by atoms with Gasteiger partial charge in [-0.1, -0.05) is 23.7 Å². The first-order valence-electron chi connectivity index (χ1n) is 7.37. The molecule has 24 heavy (non-hydrogen) atoms. The number of hydrogen-bond donors (Lipinski definition) is 1. The quantitative estimate of drug-likeness (QED) is 0.729. The predicted molar refractivity (Wildman–Crippen MR) is 90.3 cm³/mol. The summed E-state index contributed by atoms with van der Waals surface area (Å²) in [5.74, 6) is 0.977. The maximum atomic E-state index is 13.7. The lowest BCUT2D eigenvalue weighted by Crippen LogP contribution is -2.13. The van der Waals surface area contributed by atoms with Crippen LogP contribution in [0.25, 0.3) is 11.3 Å². The smallest absolute Gasteiger partial charge is 0.225 e. The van der Waals surface area contributed by atoms with Crippen molar-refractivity contribution >= 4 is 23.3 Å². The molecule has 0 atom stereocenters. The summed E-state index contributed by atoms with van der Waals surface area (Å²) in [5.41, 5.74) is 0.401. The van der Waals surface area contributed by atoms with Crippen LogP contribution >= 0.6 is 11.6 Å². The number of aryl methyl sites for hydroxylation is 1. The molecule has 1 amide bonds. The number of anilines is 1. The van der Waals surface area contributed by atoms with E-state index in [1.54, 1.807) is 42.5 Å². The van der Waals surface area contributed by atoms with E-state index in [0.29, 0.717) is 34.3 Å². The molecule has 6 heteroatoms. The summed E-state index contributed by atoms with van der Waals surface area (Å²) < 4.78 is 19.3. The number of hydrogen-bond acceptors (Lipinski definition) is 3. The van der Waals surface area contributed by atoms with Crippen molar-refractivity contribution in [2.45, 2.75) is 12.8 Å². The van der Waals surface area contributed by atoms with Gasteiger partial charge in [0, 0.05) is 19.0 Å². The average molecular weight is 345 g/mol. The maximum Gasteiger partial charge on any atom is 0.225 e. The molecule has 0 aliphatic heterocycles. The van der Waals surface area contributed by atoms with Crippen LogP contribution in [-0.2, 0) is 11.2 Å². The number of aromatic nitrogens is 1. The zero-order valence-electron chi connectivity index (χ0n) is 12.6. The number of furan rings is 1. The Kier molecular flexibility index (Phi) is 4.91. The van der Waals surface area contributed by atoms with Crippen LogP contribution in [0.2, 0.25) is 5.02 Å². The highest BCUT2D eigenvalue weighted by molar-refractivity contribution is 6.30. The van der Waals surface area contributed by atoms with E-state index in [1.165, 1.54) is 12.3 Å². The lowest BCUT2D eigenvalue weighted by molar-refractivity contribution is -0.116. The van der Waals surface area contributed by atoms with Crippen LogP contribution in [0, 0.1) is 5.82 Å². The number of carbonyl (C=O) groups is 1. The third-order valence-corrected chi connectivity index (χ3v) is 3.62. The third-order valence-electron chi connectivity index (χ3n) is 3.39. The van der Waals surface area contributed by atoms with Gasteiger partial charge in [-0.15, -0.1) is 0 Å². The van der Waals surface area contributed by atoms with Gasteiger partial charge in [0.05, 0.1) is 10.6 Å². The summed E-state index contributed by atoms with van der Waals surface area (Å²) in [4.78, 5) is 15.9. The summed E-state index contributed by atoms with van der Waals surface area (Å²) in [5, 5.41) is 3.18. The molecule has 1 N–H and O–H groups in total. The first kappa shape index (κ1) is 16.2. The van der Waals surface area contributed by atoms with Crippen LogP contribution in [-0.4, -0.2) is 10.9 Å². The van der Waals surface area contributed by atoms with Gasteiger partial charge in [-0.2, -0.15) is 0 Å².